The van der Waals surface area contributed by atoms with Crippen molar-refractivity contribution in [1.29, 1.82) is 0 Å². The van der Waals surface area contributed by atoms with E-state index in [1.807, 2.05) is 0 Å². The van der Waals surface area contributed by atoms with Gasteiger partial charge in [-0.25, -0.2) is 0 Å². The maximum absolute atomic E-state index is 9.74. The van der Waals surface area contributed by atoms with Crippen molar-refractivity contribution in [1.82, 2.24) is 9.80 Å². The maximum Gasteiger partial charge on any atom is 0.0628 e. The van der Waals surface area contributed by atoms with E-state index in [4.69, 9.17) is 0 Å². The summed E-state index contributed by atoms with van der Waals surface area (Å²) >= 11 is 3.52. The fourth-order valence-corrected chi connectivity index (χ4v) is 2.89. The van der Waals surface area contributed by atoms with Crippen LogP contribution in [0, 0.1) is 6.92 Å². The molecule has 1 atom stereocenters. The number of benzene rings is 1. The molecule has 0 amide bonds. The van der Waals surface area contributed by atoms with Crippen LogP contribution in [0.1, 0.15) is 17.2 Å². The lowest BCUT2D eigenvalue weighted by molar-refractivity contribution is 0.0745. The SMILES string of the molecule is Cc1ccc(Br)cc1C(CO)N1CCN(C)CC1. The van der Waals surface area contributed by atoms with Gasteiger partial charge in [0.05, 0.1) is 12.6 Å². The Labute approximate surface area is 118 Å². The van der Waals surface area contributed by atoms with Gasteiger partial charge in [0.2, 0.25) is 0 Å². The quantitative estimate of drug-likeness (QED) is 0.925. The molecule has 0 spiro atoms. The van der Waals surface area contributed by atoms with Crippen molar-refractivity contribution < 1.29 is 5.11 Å². The molecule has 0 aliphatic carbocycles. The normalized spacial score (nSPS) is 20.0. The Morgan fingerprint density at radius 3 is 2.56 bits per heavy atom. The van der Waals surface area contributed by atoms with Gasteiger partial charge in [-0.1, -0.05) is 22.0 Å². The molecule has 1 unspecified atom stereocenters. The second-order valence-electron chi connectivity index (χ2n) is 5.04. The van der Waals surface area contributed by atoms with Gasteiger partial charge in [-0.2, -0.15) is 0 Å². The Kier molecular flexibility index (Phi) is 4.78. The van der Waals surface area contributed by atoms with Crippen LogP contribution in [-0.2, 0) is 0 Å². The zero-order valence-electron chi connectivity index (χ0n) is 11.1. The second-order valence-corrected chi connectivity index (χ2v) is 5.95. The van der Waals surface area contributed by atoms with Crippen molar-refractivity contribution in [2.45, 2.75) is 13.0 Å². The van der Waals surface area contributed by atoms with Crippen LogP contribution in [0.15, 0.2) is 22.7 Å². The summed E-state index contributed by atoms with van der Waals surface area (Å²) in [5.41, 5.74) is 2.48. The molecule has 4 heteroatoms. The predicted octanol–water partition coefficient (Wildman–Crippen LogP) is 2.04. The Morgan fingerprint density at radius 2 is 1.94 bits per heavy atom. The molecule has 3 nitrogen and oxygen atoms in total. The van der Waals surface area contributed by atoms with Gasteiger partial charge >= 0.3 is 0 Å². The molecule has 1 aromatic carbocycles. The number of aryl methyl sites for hydroxylation is 1. The minimum Gasteiger partial charge on any atom is -0.394 e. The van der Waals surface area contributed by atoms with Crippen molar-refractivity contribution in [2.24, 2.45) is 0 Å². The van der Waals surface area contributed by atoms with Gasteiger partial charge in [0.15, 0.2) is 0 Å². The molecule has 1 saturated heterocycles. The molecule has 0 bridgehead atoms. The van der Waals surface area contributed by atoms with Gasteiger partial charge in [-0.15, -0.1) is 0 Å². The number of hydrogen-bond acceptors (Lipinski definition) is 3. The number of aliphatic hydroxyl groups is 1. The molecule has 0 aromatic heterocycles. The lowest BCUT2D eigenvalue weighted by atomic mass is 10.00. The van der Waals surface area contributed by atoms with E-state index in [0.29, 0.717) is 0 Å². The van der Waals surface area contributed by atoms with Crippen LogP contribution in [-0.4, -0.2) is 54.7 Å². The summed E-state index contributed by atoms with van der Waals surface area (Å²) in [4.78, 5) is 4.72. The number of halogens is 1. The molecule has 1 heterocycles. The van der Waals surface area contributed by atoms with Gasteiger partial charge < -0.3 is 10.0 Å². The third-order valence-electron chi connectivity index (χ3n) is 3.75. The van der Waals surface area contributed by atoms with Crippen LogP contribution >= 0.6 is 15.9 Å². The summed E-state index contributed by atoms with van der Waals surface area (Å²) in [6.07, 6.45) is 0. The highest BCUT2D eigenvalue weighted by Gasteiger charge is 2.24. The topological polar surface area (TPSA) is 26.7 Å². The van der Waals surface area contributed by atoms with Gasteiger partial charge in [0.1, 0.15) is 0 Å². The van der Waals surface area contributed by atoms with Crippen LogP contribution in [0.25, 0.3) is 0 Å². The van der Waals surface area contributed by atoms with Crippen LogP contribution in [0.5, 0.6) is 0 Å². The highest BCUT2D eigenvalue weighted by Crippen LogP contribution is 2.27. The molecule has 1 fully saturated rings. The van der Waals surface area contributed by atoms with Gasteiger partial charge in [0.25, 0.3) is 0 Å². The minimum atomic E-state index is 0.121. The highest BCUT2D eigenvalue weighted by atomic mass is 79.9. The lowest BCUT2D eigenvalue weighted by Gasteiger charge is -2.38. The second kappa shape index (κ2) is 6.15. The zero-order chi connectivity index (χ0) is 13.1. The van der Waals surface area contributed by atoms with E-state index >= 15 is 0 Å². The molecular weight excluding hydrogens is 292 g/mol. The monoisotopic (exact) mass is 312 g/mol. The fourth-order valence-electron chi connectivity index (χ4n) is 2.51. The Morgan fingerprint density at radius 1 is 1.28 bits per heavy atom. The van der Waals surface area contributed by atoms with Crippen molar-refractivity contribution in [3.8, 4) is 0 Å². The van der Waals surface area contributed by atoms with E-state index in [1.54, 1.807) is 0 Å². The number of aliphatic hydroxyl groups excluding tert-OH is 1. The first-order valence-corrected chi connectivity index (χ1v) is 7.20. The van der Waals surface area contributed by atoms with E-state index < -0.39 is 0 Å². The van der Waals surface area contributed by atoms with E-state index in [1.165, 1.54) is 11.1 Å². The number of piperazine rings is 1. The van der Waals surface area contributed by atoms with Crippen molar-refractivity contribution in [3.63, 3.8) is 0 Å². The molecular formula is C14H21BrN2O. The van der Waals surface area contributed by atoms with E-state index in [2.05, 4.69) is 57.9 Å². The number of nitrogens with zero attached hydrogens (tertiary/aromatic N) is 2. The summed E-state index contributed by atoms with van der Waals surface area (Å²) in [6.45, 7) is 6.48. The lowest BCUT2D eigenvalue weighted by Crippen LogP contribution is -2.46. The molecule has 1 N–H and O–H groups in total. The van der Waals surface area contributed by atoms with E-state index in [9.17, 15) is 5.11 Å². The van der Waals surface area contributed by atoms with Gasteiger partial charge in [-0.3, -0.25) is 4.90 Å². The summed E-state index contributed by atoms with van der Waals surface area (Å²) in [7, 11) is 2.15. The molecule has 1 aromatic rings. The largest absolute Gasteiger partial charge is 0.394 e. The smallest absolute Gasteiger partial charge is 0.0628 e. The zero-order valence-corrected chi connectivity index (χ0v) is 12.7. The van der Waals surface area contributed by atoms with Crippen molar-refractivity contribution >= 4 is 15.9 Å². The molecule has 2 rings (SSSR count). The first-order chi connectivity index (χ1) is 8.61. The van der Waals surface area contributed by atoms with Gasteiger partial charge in [0, 0.05) is 30.7 Å². The number of likely N-dealkylation sites (N-methyl/N-ethyl adjacent to an activating group) is 1. The van der Waals surface area contributed by atoms with Gasteiger partial charge in [-0.05, 0) is 37.2 Å². The summed E-state index contributed by atoms with van der Waals surface area (Å²) in [5.74, 6) is 0. The average Bonchev–Trinajstić information content (AvgIpc) is 2.37. The molecule has 0 radical (unpaired) electrons. The average molecular weight is 313 g/mol. The summed E-state index contributed by atoms with van der Waals surface area (Å²) < 4.78 is 1.08. The van der Waals surface area contributed by atoms with Crippen LogP contribution in [0.4, 0.5) is 0 Å². The first kappa shape index (κ1) is 14.0. The van der Waals surface area contributed by atoms with E-state index in [0.717, 1.165) is 30.7 Å². The highest BCUT2D eigenvalue weighted by molar-refractivity contribution is 9.10. The predicted molar refractivity (Wildman–Crippen MR) is 77.8 cm³/mol. The van der Waals surface area contributed by atoms with Crippen molar-refractivity contribution in [2.75, 3.05) is 39.8 Å². The van der Waals surface area contributed by atoms with E-state index in [-0.39, 0.29) is 12.6 Å². The number of rotatable bonds is 3. The molecule has 18 heavy (non-hydrogen) atoms. The number of hydrogen-bond donors (Lipinski definition) is 1. The molecule has 0 saturated carbocycles. The molecule has 1 aliphatic heterocycles. The third-order valence-corrected chi connectivity index (χ3v) is 4.25. The Balaban J connectivity index is 2.19. The minimum absolute atomic E-state index is 0.121. The van der Waals surface area contributed by atoms with Crippen molar-refractivity contribution in [3.05, 3.63) is 33.8 Å². The summed E-state index contributed by atoms with van der Waals surface area (Å²) in [5, 5.41) is 9.74. The Bertz CT molecular complexity index is 403. The first-order valence-electron chi connectivity index (χ1n) is 6.41. The standard InChI is InChI=1S/C14H21BrN2O/c1-11-3-4-12(15)9-13(11)14(10-18)17-7-5-16(2)6-8-17/h3-4,9,14,18H,5-8,10H2,1-2H3. The van der Waals surface area contributed by atoms with Crippen LogP contribution in [0.2, 0.25) is 0 Å². The maximum atomic E-state index is 9.74. The molecule has 1 aliphatic rings. The third kappa shape index (κ3) is 3.12. The molecule has 100 valence electrons. The summed E-state index contributed by atoms with van der Waals surface area (Å²) in [6, 6.07) is 6.42. The fraction of sp³-hybridized carbons (Fsp3) is 0.571. The Hall–Kier alpha value is -0.420. The van der Waals surface area contributed by atoms with Crippen LogP contribution in [0.3, 0.4) is 0 Å². The van der Waals surface area contributed by atoms with Crippen LogP contribution < -0.4 is 0 Å².